The standard InChI is InChI=1S/C10H8BrNO/c1-6-5-12-10(13)7-3-2-4-8(11)9(6)7/h2-5H,1H3,(H,12,13). The van der Waals surface area contributed by atoms with Crippen LogP contribution in [-0.2, 0) is 0 Å². The Balaban J connectivity index is 3.09. The molecule has 1 N–H and O–H groups in total. The summed E-state index contributed by atoms with van der Waals surface area (Å²) in [5.41, 5.74) is 1.03. The molecular weight excluding hydrogens is 230 g/mol. The second-order valence-electron chi connectivity index (χ2n) is 2.96. The Morgan fingerprint density at radius 2 is 2.15 bits per heavy atom. The zero-order valence-corrected chi connectivity index (χ0v) is 8.68. The summed E-state index contributed by atoms with van der Waals surface area (Å²) in [4.78, 5) is 14.1. The Labute approximate surface area is 83.7 Å². The number of nitrogens with one attached hydrogen (secondary N) is 1. The maximum atomic E-state index is 11.4. The van der Waals surface area contributed by atoms with Crippen LogP contribution in [0.4, 0.5) is 0 Å². The average Bonchev–Trinajstić information content (AvgIpc) is 2.12. The van der Waals surface area contributed by atoms with E-state index in [4.69, 9.17) is 0 Å². The van der Waals surface area contributed by atoms with Gasteiger partial charge in [0.2, 0.25) is 0 Å². The van der Waals surface area contributed by atoms with Gasteiger partial charge in [-0.05, 0) is 24.6 Å². The van der Waals surface area contributed by atoms with Gasteiger partial charge in [-0.2, -0.15) is 0 Å². The molecule has 13 heavy (non-hydrogen) atoms. The van der Waals surface area contributed by atoms with E-state index in [1.165, 1.54) is 0 Å². The molecule has 0 saturated heterocycles. The van der Waals surface area contributed by atoms with E-state index in [0.717, 1.165) is 20.8 Å². The quantitative estimate of drug-likeness (QED) is 0.751. The fourth-order valence-electron chi connectivity index (χ4n) is 1.44. The fraction of sp³-hybridized carbons (Fsp3) is 0.100. The Bertz CT molecular complexity index is 508. The maximum Gasteiger partial charge on any atom is 0.255 e. The summed E-state index contributed by atoms with van der Waals surface area (Å²) < 4.78 is 0.966. The van der Waals surface area contributed by atoms with E-state index in [1.54, 1.807) is 6.20 Å². The minimum absolute atomic E-state index is 0.0399. The third-order valence-electron chi connectivity index (χ3n) is 2.07. The zero-order valence-electron chi connectivity index (χ0n) is 7.10. The van der Waals surface area contributed by atoms with Crippen molar-refractivity contribution in [1.29, 1.82) is 0 Å². The van der Waals surface area contributed by atoms with Crippen LogP contribution in [0.25, 0.3) is 10.8 Å². The van der Waals surface area contributed by atoms with Crippen LogP contribution < -0.4 is 5.56 Å². The molecule has 1 heterocycles. The highest BCUT2D eigenvalue weighted by atomic mass is 79.9. The summed E-state index contributed by atoms with van der Waals surface area (Å²) in [7, 11) is 0. The van der Waals surface area contributed by atoms with Crippen molar-refractivity contribution in [2.24, 2.45) is 0 Å². The zero-order chi connectivity index (χ0) is 9.42. The molecule has 0 fully saturated rings. The number of rotatable bonds is 0. The summed E-state index contributed by atoms with van der Waals surface area (Å²) >= 11 is 3.43. The normalized spacial score (nSPS) is 10.6. The molecule has 1 aromatic heterocycles. The SMILES string of the molecule is Cc1c[nH]c(=O)c2cccc(Br)c12. The predicted octanol–water partition coefficient (Wildman–Crippen LogP) is 2.60. The molecule has 0 amide bonds. The van der Waals surface area contributed by atoms with Crippen molar-refractivity contribution in [3.63, 3.8) is 0 Å². The summed E-state index contributed by atoms with van der Waals surface area (Å²) in [6.45, 7) is 1.98. The average molecular weight is 238 g/mol. The van der Waals surface area contributed by atoms with Gasteiger partial charge in [0.05, 0.1) is 0 Å². The number of aromatic nitrogens is 1. The molecule has 2 aromatic rings. The number of H-pyrrole nitrogens is 1. The summed E-state index contributed by atoms with van der Waals surface area (Å²) in [5.74, 6) is 0. The van der Waals surface area contributed by atoms with E-state index in [1.807, 2.05) is 25.1 Å². The highest BCUT2D eigenvalue weighted by Crippen LogP contribution is 2.23. The molecule has 0 aliphatic heterocycles. The van der Waals surface area contributed by atoms with Crippen LogP contribution in [-0.4, -0.2) is 4.98 Å². The number of benzene rings is 1. The van der Waals surface area contributed by atoms with Gasteiger partial charge < -0.3 is 4.98 Å². The van der Waals surface area contributed by atoms with Crippen LogP contribution in [0.1, 0.15) is 5.56 Å². The van der Waals surface area contributed by atoms with E-state index in [9.17, 15) is 4.79 Å². The molecule has 0 unspecified atom stereocenters. The number of pyridine rings is 1. The molecule has 0 spiro atoms. The first-order chi connectivity index (χ1) is 6.20. The molecule has 2 rings (SSSR count). The van der Waals surface area contributed by atoms with Crippen molar-refractivity contribution in [2.75, 3.05) is 0 Å². The van der Waals surface area contributed by atoms with Crippen LogP contribution in [0.5, 0.6) is 0 Å². The molecular formula is C10H8BrNO. The van der Waals surface area contributed by atoms with Crippen LogP contribution in [0.3, 0.4) is 0 Å². The molecule has 0 radical (unpaired) electrons. The summed E-state index contributed by atoms with van der Waals surface area (Å²) in [5, 5.41) is 1.72. The largest absolute Gasteiger partial charge is 0.328 e. The number of aryl methyl sites for hydroxylation is 1. The number of hydrogen-bond donors (Lipinski definition) is 1. The lowest BCUT2D eigenvalue weighted by Crippen LogP contribution is -2.05. The predicted molar refractivity (Wildman–Crippen MR) is 57.0 cm³/mol. The van der Waals surface area contributed by atoms with Crippen LogP contribution in [0.15, 0.2) is 33.7 Å². The first kappa shape index (κ1) is 8.51. The Morgan fingerprint density at radius 3 is 2.85 bits per heavy atom. The third kappa shape index (κ3) is 1.29. The van der Waals surface area contributed by atoms with E-state index in [2.05, 4.69) is 20.9 Å². The second kappa shape index (κ2) is 3.00. The van der Waals surface area contributed by atoms with Gasteiger partial charge in [0.15, 0.2) is 0 Å². The molecule has 3 heteroatoms. The number of halogens is 1. The fourth-order valence-corrected chi connectivity index (χ4v) is 2.12. The van der Waals surface area contributed by atoms with Gasteiger partial charge >= 0.3 is 0 Å². The van der Waals surface area contributed by atoms with Crippen LogP contribution >= 0.6 is 15.9 Å². The lowest BCUT2D eigenvalue weighted by Gasteiger charge is -2.02. The Kier molecular flexibility index (Phi) is 1.96. The van der Waals surface area contributed by atoms with Crippen molar-refractivity contribution in [3.8, 4) is 0 Å². The molecule has 1 aromatic carbocycles. The number of fused-ring (bicyclic) bond motifs is 1. The topological polar surface area (TPSA) is 32.9 Å². The van der Waals surface area contributed by atoms with Gasteiger partial charge in [0, 0.05) is 21.4 Å². The van der Waals surface area contributed by atoms with Crippen molar-refractivity contribution < 1.29 is 0 Å². The van der Waals surface area contributed by atoms with E-state index >= 15 is 0 Å². The van der Waals surface area contributed by atoms with Crippen molar-refractivity contribution in [1.82, 2.24) is 4.98 Å². The molecule has 0 saturated carbocycles. The van der Waals surface area contributed by atoms with Gasteiger partial charge in [0.1, 0.15) is 0 Å². The third-order valence-corrected chi connectivity index (χ3v) is 2.73. The lowest BCUT2D eigenvalue weighted by atomic mass is 10.1. The number of aromatic amines is 1. The maximum absolute atomic E-state index is 11.4. The van der Waals surface area contributed by atoms with Crippen molar-refractivity contribution in [3.05, 3.63) is 44.8 Å². The molecule has 66 valence electrons. The highest BCUT2D eigenvalue weighted by molar-refractivity contribution is 9.10. The monoisotopic (exact) mass is 237 g/mol. The Morgan fingerprint density at radius 1 is 1.38 bits per heavy atom. The molecule has 0 bridgehead atoms. The molecule has 0 atom stereocenters. The molecule has 2 nitrogen and oxygen atoms in total. The van der Waals surface area contributed by atoms with Gasteiger partial charge in [0.25, 0.3) is 5.56 Å². The minimum Gasteiger partial charge on any atom is -0.328 e. The van der Waals surface area contributed by atoms with Gasteiger partial charge in [-0.25, -0.2) is 0 Å². The van der Waals surface area contributed by atoms with Gasteiger partial charge in [-0.3, -0.25) is 4.79 Å². The molecule has 0 aliphatic carbocycles. The highest BCUT2D eigenvalue weighted by Gasteiger charge is 2.03. The molecule has 0 aliphatic rings. The van der Waals surface area contributed by atoms with E-state index < -0.39 is 0 Å². The van der Waals surface area contributed by atoms with Crippen LogP contribution in [0.2, 0.25) is 0 Å². The van der Waals surface area contributed by atoms with E-state index in [-0.39, 0.29) is 5.56 Å². The summed E-state index contributed by atoms with van der Waals surface area (Å²) in [6.07, 6.45) is 1.73. The summed E-state index contributed by atoms with van der Waals surface area (Å²) in [6, 6.07) is 5.63. The van der Waals surface area contributed by atoms with Crippen LogP contribution in [0, 0.1) is 6.92 Å². The first-order valence-electron chi connectivity index (χ1n) is 3.96. The lowest BCUT2D eigenvalue weighted by molar-refractivity contribution is 1.24. The van der Waals surface area contributed by atoms with Gasteiger partial charge in [-0.1, -0.05) is 22.0 Å². The van der Waals surface area contributed by atoms with Crippen molar-refractivity contribution in [2.45, 2.75) is 6.92 Å². The Hall–Kier alpha value is -1.09. The first-order valence-corrected chi connectivity index (χ1v) is 4.76. The van der Waals surface area contributed by atoms with Gasteiger partial charge in [-0.15, -0.1) is 0 Å². The van der Waals surface area contributed by atoms with Crippen molar-refractivity contribution >= 4 is 26.7 Å². The van der Waals surface area contributed by atoms with E-state index in [0.29, 0.717) is 0 Å². The number of hydrogen-bond acceptors (Lipinski definition) is 1. The second-order valence-corrected chi connectivity index (χ2v) is 3.82. The minimum atomic E-state index is -0.0399. The smallest absolute Gasteiger partial charge is 0.255 e.